The van der Waals surface area contributed by atoms with Gasteiger partial charge in [-0.05, 0) is 87.1 Å². The molecule has 4 nitrogen and oxygen atoms in total. The monoisotopic (exact) mass is 521 g/mol. The minimum absolute atomic E-state index is 0.252. The molecule has 2 aromatic carbocycles. The maximum atomic E-state index is 12.1. The molecule has 0 aliphatic heterocycles. The zero-order valence-electron chi connectivity index (χ0n) is 11.4. The number of rotatable bonds is 5. The van der Waals surface area contributed by atoms with Gasteiger partial charge in [0.1, 0.15) is 6.04 Å². The molecule has 22 heavy (non-hydrogen) atoms. The molecule has 0 aliphatic rings. The highest BCUT2D eigenvalue weighted by atomic mass is 127. The summed E-state index contributed by atoms with van der Waals surface area (Å²) in [7, 11) is 0. The second-order valence-electron chi connectivity index (χ2n) is 4.70. The second-order valence-corrected chi connectivity index (χ2v) is 7.19. The fourth-order valence-electron chi connectivity index (χ4n) is 1.90. The summed E-state index contributed by atoms with van der Waals surface area (Å²) in [6, 6.07) is 13.6. The molecule has 0 heterocycles. The van der Waals surface area contributed by atoms with Crippen molar-refractivity contribution in [2.24, 2.45) is 0 Å². The number of carbonyl (C=O) groups excluding carboxylic acids is 1. The standard InChI is InChI=1S/C16H13I2NO3/c17-12-5-1-10(2-6-12)9-14(16(21)22)19-15(20)11-3-7-13(18)8-4-11/h1-8,14H,9H2,(H,19,20)(H,21,22)/t14-/m1/s1. The largest absolute Gasteiger partial charge is 0.480 e. The Morgan fingerprint density at radius 2 is 1.45 bits per heavy atom. The Balaban J connectivity index is 2.08. The van der Waals surface area contributed by atoms with Gasteiger partial charge in [0.25, 0.3) is 5.91 Å². The molecular weight excluding hydrogens is 508 g/mol. The van der Waals surface area contributed by atoms with Gasteiger partial charge in [0.15, 0.2) is 0 Å². The van der Waals surface area contributed by atoms with Gasteiger partial charge in [-0.2, -0.15) is 0 Å². The molecule has 0 saturated carbocycles. The summed E-state index contributed by atoms with van der Waals surface area (Å²) >= 11 is 4.33. The number of hydrogen-bond acceptors (Lipinski definition) is 2. The summed E-state index contributed by atoms with van der Waals surface area (Å²) in [5, 5.41) is 11.9. The predicted molar refractivity (Wildman–Crippen MR) is 101 cm³/mol. The van der Waals surface area contributed by atoms with Crippen molar-refractivity contribution in [1.29, 1.82) is 0 Å². The van der Waals surface area contributed by atoms with Crippen LogP contribution in [0, 0.1) is 7.14 Å². The van der Waals surface area contributed by atoms with E-state index in [0.717, 1.165) is 12.7 Å². The van der Waals surface area contributed by atoms with Crippen molar-refractivity contribution in [3.05, 3.63) is 66.8 Å². The van der Waals surface area contributed by atoms with Crippen molar-refractivity contribution in [1.82, 2.24) is 5.32 Å². The minimum atomic E-state index is -1.04. The van der Waals surface area contributed by atoms with E-state index in [1.54, 1.807) is 12.1 Å². The number of nitrogens with one attached hydrogen (secondary N) is 1. The third-order valence-electron chi connectivity index (χ3n) is 3.06. The summed E-state index contributed by atoms with van der Waals surface area (Å²) in [5.41, 5.74) is 1.32. The lowest BCUT2D eigenvalue weighted by atomic mass is 10.1. The highest BCUT2D eigenvalue weighted by molar-refractivity contribution is 14.1. The molecule has 0 spiro atoms. The van der Waals surface area contributed by atoms with Crippen molar-refractivity contribution in [3.8, 4) is 0 Å². The summed E-state index contributed by atoms with van der Waals surface area (Å²) in [6.07, 6.45) is 0.252. The fourth-order valence-corrected chi connectivity index (χ4v) is 2.62. The van der Waals surface area contributed by atoms with Crippen molar-refractivity contribution in [2.75, 3.05) is 0 Å². The van der Waals surface area contributed by atoms with E-state index < -0.39 is 12.0 Å². The lowest BCUT2D eigenvalue weighted by Crippen LogP contribution is -2.42. The van der Waals surface area contributed by atoms with Crippen molar-refractivity contribution in [3.63, 3.8) is 0 Å². The van der Waals surface area contributed by atoms with E-state index in [-0.39, 0.29) is 12.3 Å². The third-order valence-corrected chi connectivity index (χ3v) is 4.50. The quantitative estimate of drug-likeness (QED) is 0.594. The Hall–Kier alpha value is -1.16. The first kappa shape index (κ1) is 17.2. The normalized spacial score (nSPS) is 11.7. The Bertz CT molecular complexity index is 669. The number of benzene rings is 2. The maximum absolute atomic E-state index is 12.1. The molecule has 0 unspecified atom stereocenters. The van der Waals surface area contributed by atoms with Gasteiger partial charge < -0.3 is 10.4 Å². The van der Waals surface area contributed by atoms with Crippen LogP contribution in [0.2, 0.25) is 0 Å². The average molecular weight is 521 g/mol. The summed E-state index contributed by atoms with van der Waals surface area (Å²) in [4.78, 5) is 23.5. The van der Waals surface area contributed by atoms with Crippen molar-refractivity contribution < 1.29 is 14.7 Å². The Labute approximate surface area is 155 Å². The van der Waals surface area contributed by atoms with E-state index in [0.29, 0.717) is 5.56 Å². The van der Waals surface area contributed by atoms with Gasteiger partial charge in [-0.1, -0.05) is 12.1 Å². The zero-order chi connectivity index (χ0) is 16.1. The van der Waals surface area contributed by atoms with E-state index in [4.69, 9.17) is 0 Å². The van der Waals surface area contributed by atoms with E-state index in [9.17, 15) is 14.7 Å². The minimum Gasteiger partial charge on any atom is -0.480 e. The van der Waals surface area contributed by atoms with Crippen LogP contribution in [0.3, 0.4) is 0 Å². The van der Waals surface area contributed by atoms with Crippen LogP contribution >= 0.6 is 45.2 Å². The molecule has 0 radical (unpaired) electrons. The number of halogens is 2. The first-order chi connectivity index (χ1) is 10.5. The highest BCUT2D eigenvalue weighted by Crippen LogP contribution is 2.10. The third kappa shape index (κ3) is 4.94. The zero-order valence-corrected chi connectivity index (χ0v) is 15.7. The van der Waals surface area contributed by atoms with Gasteiger partial charge in [-0.3, -0.25) is 4.79 Å². The lowest BCUT2D eigenvalue weighted by molar-refractivity contribution is -0.139. The Morgan fingerprint density at radius 1 is 0.955 bits per heavy atom. The van der Waals surface area contributed by atoms with Crippen LogP contribution in [0.1, 0.15) is 15.9 Å². The van der Waals surface area contributed by atoms with E-state index in [1.807, 2.05) is 36.4 Å². The first-order valence-corrected chi connectivity index (χ1v) is 8.65. The molecule has 114 valence electrons. The number of carboxylic acids is 1. The molecule has 0 bridgehead atoms. The number of aliphatic carboxylic acids is 1. The molecule has 2 aromatic rings. The van der Waals surface area contributed by atoms with Gasteiger partial charge in [0.05, 0.1) is 0 Å². The molecule has 0 aliphatic carbocycles. The topological polar surface area (TPSA) is 66.4 Å². The van der Waals surface area contributed by atoms with Gasteiger partial charge >= 0.3 is 5.97 Å². The molecule has 2 rings (SSSR count). The van der Waals surface area contributed by atoms with Crippen molar-refractivity contribution in [2.45, 2.75) is 12.5 Å². The number of carbonyl (C=O) groups is 2. The van der Waals surface area contributed by atoms with Crippen LogP contribution in [0.15, 0.2) is 48.5 Å². The van der Waals surface area contributed by atoms with Crippen LogP contribution in [-0.2, 0) is 11.2 Å². The molecular formula is C16H13I2NO3. The average Bonchev–Trinajstić information content (AvgIpc) is 2.49. The van der Waals surface area contributed by atoms with E-state index in [1.165, 1.54) is 0 Å². The Kier molecular flexibility index (Phi) is 6.18. The maximum Gasteiger partial charge on any atom is 0.326 e. The first-order valence-electron chi connectivity index (χ1n) is 6.49. The number of carboxylic acid groups (broad SMARTS) is 1. The van der Waals surface area contributed by atoms with Crippen LogP contribution in [0.5, 0.6) is 0 Å². The van der Waals surface area contributed by atoms with Gasteiger partial charge in [-0.15, -0.1) is 0 Å². The number of hydrogen-bond donors (Lipinski definition) is 2. The van der Waals surface area contributed by atoms with Crippen LogP contribution in [0.25, 0.3) is 0 Å². The van der Waals surface area contributed by atoms with Crippen LogP contribution < -0.4 is 5.32 Å². The smallest absolute Gasteiger partial charge is 0.326 e. The summed E-state index contributed by atoms with van der Waals surface area (Å²) in [6.45, 7) is 0. The molecule has 0 fully saturated rings. The molecule has 0 aromatic heterocycles. The van der Waals surface area contributed by atoms with Gasteiger partial charge in [0.2, 0.25) is 0 Å². The second kappa shape index (κ2) is 7.91. The van der Waals surface area contributed by atoms with Gasteiger partial charge in [-0.25, -0.2) is 4.79 Å². The molecule has 1 atom stereocenters. The predicted octanol–water partition coefficient (Wildman–Crippen LogP) is 3.32. The van der Waals surface area contributed by atoms with E-state index >= 15 is 0 Å². The summed E-state index contributed by atoms with van der Waals surface area (Å²) < 4.78 is 2.10. The Morgan fingerprint density at radius 3 is 1.95 bits per heavy atom. The fraction of sp³-hybridized carbons (Fsp3) is 0.125. The molecule has 6 heteroatoms. The van der Waals surface area contributed by atoms with Crippen LogP contribution in [-0.4, -0.2) is 23.0 Å². The SMILES string of the molecule is O=C(N[C@H](Cc1ccc(I)cc1)C(=O)O)c1ccc(I)cc1. The van der Waals surface area contributed by atoms with E-state index in [2.05, 4.69) is 50.5 Å². The van der Waals surface area contributed by atoms with Crippen LogP contribution in [0.4, 0.5) is 0 Å². The molecule has 1 amide bonds. The molecule has 2 N–H and O–H groups in total. The van der Waals surface area contributed by atoms with Gasteiger partial charge in [0, 0.05) is 19.1 Å². The number of amides is 1. The summed E-state index contributed by atoms with van der Waals surface area (Å²) in [5.74, 6) is -1.42. The highest BCUT2D eigenvalue weighted by Gasteiger charge is 2.21. The lowest BCUT2D eigenvalue weighted by Gasteiger charge is -2.15. The van der Waals surface area contributed by atoms with Crippen molar-refractivity contribution >= 4 is 57.1 Å². The molecule has 0 saturated heterocycles.